The first kappa shape index (κ1) is 23.1. The van der Waals surface area contributed by atoms with Crippen molar-refractivity contribution >= 4 is 29.1 Å². The van der Waals surface area contributed by atoms with Crippen LogP contribution in [-0.4, -0.2) is 66.6 Å². The van der Waals surface area contributed by atoms with Gasteiger partial charge in [-0.1, -0.05) is 29.3 Å². The zero-order valence-electron chi connectivity index (χ0n) is 17.0. The molecule has 172 valence electrons. The number of piperazine rings is 1. The maximum absolute atomic E-state index is 13.1. The van der Waals surface area contributed by atoms with E-state index in [1.54, 1.807) is 23.1 Å². The Hall–Kier alpha value is -2.07. The number of hydrogen-bond donors (Lipinski definition) is 0. The van der Waals surface area contributed by atoms with E-state index in [-0.39, 0.29) is 29.3 Å². The predicted molar refractivity (Wildman–Crippen MR) is 112 cm³/mol. The molecule has 0 bridgehead atoms. The Morgan fingerprint density at radius 2 is 1.97 bits per heavy atom. The molecule has 2 atom stereocenters. The largest absolute Gasteiger partial charge is 0.495 e. The van der Waals surface area contributed by atoms with E-state index >= 15 is 0 Å². The summed E-state index contributed by atoms with van der Waals surface area (Å²) in [7, 11) is 1.48. The van der Waals surface area contributed by atoms with Crippen molar-refractivity contribution in [2.24, 2.45) is 0 Å². The molecule has 4 rings (SSSR count). The Kier molecular flexibility index (Phi) is 6.53. The summed E-state index contributed by atoms with van der Waals surface area (Å²) in [5, 5.41) is -0.185. The minimum Gasteiger partial charge on any atom is -0.495 e. The number of pyridine rings is 1. The van der Waals surface area contributed by atoms with Crippen LogP contribution in [-0.2, 0) is 10.9 Å². The monoisotopic (exact) mass is 489 g/mol. The maximum atomic E-state index is 13.1. The zero-order valence-corrected chi connectivity index (χ0v) is 18.5. The number of ether oxygens (including phenoxy) is 2. The first-order chi connectivity index (χ1) is 15.2. The van der Waals surface area contributed by atoms with Crippen LogP contribution in [0.2, 0.25) is 10.0 Å². The van der Waals surface area contributed by atoms with Gasteiger partial charge in [-0.25, -0.2) is 4.98 Å². The molecule has 11 heteroatoms. The highest BCUT2D eigenvalue weighted by atomic mass is 35.5. The van der Waals surface area contributed by atoms with Crippen molar-refractivity contribution in [1.29, 1.82) is 0 Å². The molecule has 1 aromatic heterocycles. The van der Waals surface area contributed by atoms with Gasteiger partial charge in [0.05, 0.1) is 41.1 Å². The van der Waals surface area contributed by atoms with Crippen LogP contribution in [0.1, 0.15) is 27.8 Å². The Morgan fingerprint density at radius 3 is 2.69 bits per heavy atom. The number of hydrogen-bond acceptors (Lipinski definition) is 5. The molecule has 0 radical (unpaired) electrons. The van der Waals surface area contributed by atoms with E-state index < -0.39 is 23.0 Å². The van der Waals surface area contributed by atoms with Crippen LogP contribution in [0.3, 0.4) is 0 Å². The van der Waals surface area contributed by atoms with Crippen molar-refractivity contribution in [3.63, 3.8) is 0 Å². The molecule has 3 heterocycles. The molecule has 0 aliphatic carbocycles. The number of morpholine rings is 1. The average Bonchev–Trinajstić information content (AvgIpc) is 2.77. The molecule has 0 saturated carbocycles. The average molecular weight is 490 g/mol. The van der Waals surface area contributed by atoms with Crippen LogP contribution in [0, 0.1) is 0 Å². The van der Waals surface area contributed by atoms with Gasteiger partial charge in [-0.3, -0.25) is 9.69 Å². The maximum Gasteiger partial charge on any atom is 0.434 e. The van der Waals surface area contributed by atoms with Crippen molar-refractivity contribution in [1.82, 2.24) is 14.8 Å². The topological polar surface area (TPSA) is 54.9 Å². The van der Waals surface area contributed by atoms with Crippen LogP contribution in [0.25, 0.3) is 0 Å². The molecule has 0 unspecified atom stereocenters. The fourth-order valence-corrected chi connectivity index (χ4v) is 4.48. The lowest BCUT2D eigenvalue weighted by Gasteiger charge is -2.46. The number of alkyl halides is 3. The number of amides is 1. The molecule has 1 amide bonds. The Labute approximate surface area is 192 Å². The molecular weight excluding hydrogens is 470 g/mol. The normalized spacial score (nSPS) is 21.9. The molecular formula is C21H20Cl2F3N3O3. The highest BCUT2D eigenvalue weighted by Crippen LogP contribution is 2.35. The van der Waals surface area contributed by atoms with Gasteiger partial charge in [-0.05, 0) is 24.3 Å². The van der Waals surface area contributed by atoms with Gasteiger partial charge in [0, 0.05) is 26.2 Å². The molecule has 2 aromatic rings. The summed E-state index contributed by atoms with van der Waals surface area (Å²) in [6.45, 7) is 2.06. The third kappa shape index (κ3) is 4.52. The SMILES string of the molecule is COc1cccc(C(=O)N2CCN3C[C@@H](c4ccc(Cl)c(C(F)(F)F)n4)OC[C@@H]3C2)c1Cl. The van der Waals surface area contributed by atoms with Crippen molar-refractivity contribution in [3.8, 4) is 5.75 Å². The molecule has 2 fully saturated rings. The van der Waals surface area contributed by atoms with Gasteiger partial charge in [-0.2, -0.15) is 13.2 Å². The van der Waals surface area contributed by atoms with Crippen LogP contribution < -0.4 is 4.74 Å². The number of rotatable bonds is 3. The van der Waals surface area contributed by atoms with Gasteiger partial charge in [0.25, 0.3) is 5.91 Å². The van der Waals surface area contributed by atoms with Crippen LogP contribution in [0.5, 0.6) is 5.75 Å². The Bertz CT molecular complexity index is 1020. The minimum atomic E-state index is -4.64. The molecule has 1 aromatic carbocycles. The molecule has 2 aliphatic rings. The van der Waals surface area contributed by atoms with Gasteiger partial charge in [-0.15, -0.1) is 0 Å². The van der Waals surface area contributed by atoms with Gasteiger partial charge in [0.1, 0.15) is 11.9 Å². The number of nitrogens with zero attached hydrogens (tertiary/aromatic N) is 3. The second-order valence-corrected chi connectivity index (χ2v) is 8.39. The lowest BCUT2D eigenvalue weighted by molar-refractivity contribution is -0.141. The van der Waals surface area contributed by atoms with Crippen molar-refractivity contribution in [2.75, 3.05) is 39.9 Å². The van der Waals surface area contributed by atoms with E-state index in [1.807, 2.05) is 0 Å². The van der Waals surface area contributed by atoms with Crippen molar-refractivity contribution in [3.05, 3.63) is 57.3 Å². The molecule has 2 aliphatic heterocycles. The summed E-state index contributed by atoms with van der Waals surface area (Å²) >= 11 is 12.0. The second kappa shape index (κ2) is 9.05. The smallest absolute Gasteiger partial charge is 0.434 e. The molecule has 6 nitrogen and oxygen atoms in total. The third-order valence-corrected chi connectivity index (χ3v) is 6.36. The molecule has 0 N–H and O–H groups in total. The van der Waals surface area contributed by atoms with Crippen LogP contribution in [0.4, 0.5) is 13.2 Å². The summed E-state index contributed by atoms with van der Waals surface area (Å²) in [5.41, 5.74) is -0.575. The van der Waals surface area contributed by atoms with E-state index in [0.29, 0.717) is 37.5 Å². The fourth-order valence-electron chi connectivity index (χ4n) is 3.99. The third-order valence-electron chi connectivity index (χ3n) is 5.66. The Balaban J connectivity index is 1.44. The van der Waals surface area contributed by atoms with Crippen LogP contribution in [0.15, 0.2) is 30.3 Å². The lowest BCUT2D eigenvalue weighted by atomic mass is 10.1. The number of carbonyl (C=O) groups excluding carboxylic acids is 1. The lowest BCUT2D eigenvalue weighted by Crippen LogP contribution is -2.59. The van der Waals surface area contributed by atoms with Gasteiger partial charge >= 0.3 is 6.18 Å². The highest BCUT2D eigenvalue weighted by molar-refractivity contribution is 6.35. The number of halogens is 5. The molecule has 2 saturated heterocycles. The quantitative estimate of drug-likeness (QED) is 0.642. The van der Waals surface area contributed by atoms with E-state index in [0.717, 1.165) is 0 Å². The van der Waals surface area contributed by atoms with Crippen molar-refractivity contribution < 1.29 is 27.4 Å². The van der Waals surface area contributed by atoms with Crippen molar-refractivity contribution in [2.45, 2.75) is 18.3 Å². The molecule has 0 spiro atoms. The standard InChI is InChI=1S/C21H20Cl2F3N3O3/c1-31-16-4-2-3-13(18(16)23)20(30)29-8-7-28-10-17(32-11-12(28)9-29)15-6-5-14(22)19(27-15)21(24,25)26/h2-6,12,17H,7-11H2,1H3/t12-,17-/m0/s1. The second-order valence-electron chi connectivity index (χ2n) is 7.61. The first-order valence-corrected chi connectivity index (χ1v) is 10.7. The number of fused-ring (bicyclic) bond motifs is 1. The van der Waals surface area contributed by atoms with Crippen LogP contribution >= 0.6 is 23.2 Å². The number of carbonyl (C=O) groups is 1. The fraction of sp³-hybridized carbons (Fsp3) is 0.429. The van der Waals surface area contributed by atoms with Gasteiger partial charge in [0.15, 0.2) is 5.69 Å². The van der Waals surface area contributed by atoms with Gasteiger partial charge in [0.2, 0.25) is 0 Å². The number of benzene rings is 1. The number of methoxy groups -OCH3 is 1. The summed E-state index contributed by atoms with van der Waals surface area (Å²) in [6.07, 6.45) is -5.25. The van der Waals surface area contributed by atoms with E-state index in [9.17, 15) is 18.0 Å². The minimum absolute atomic E-state index is 0.0808. The summed E-state index contributed by atoms with van der Waals surface area (Å²) in [4.78, 5) is 20.5. The summed E-state index contributed by atoms with van der Waals surface area (Å²) < 4.78 is 50.5. The highest BCUT2D eigenvalue weighted by Gasteiger charge is 2.39. The van der Waals surface area contributed by atoms with E-state index in [2.05, 4.69) is 9.88 Å². The zero-order chi connectivity index (χ0) is 23.0. The molecule has 32 heavy (non-hydrogen) atoms. The predicted octanol–water partition coefficient (Wildman–Crippen LogP) is 4.31. The van der Waals surface area contributed by atoms with E-state index in [1.165, 1.54) is 19.2 Å². The first-order valence-electron chi connectivity index (χ1n) is 9.90. The summed E-state index contributed by atoms with van der Waals surface area (Å²) in [5.74, 6) is 0.221. The van der Waals surface area contributed by atoms with Gasteiger partial charge < -0.3 is 14.4 Å². The Morgan fingerprint density at radius 1 is 1.19 bits per heavy atom. The number of aromatic nitrogens is 1. The van der Waals surface area contributed by atoms with E-state index in [4.69, 9.17) is 32.7 Å². The summed E-state index contributed by atoms with van der Waals surface area (Å²) in [6, 6.07) is 7.60.